The maximum Gasteiger partial charge on any atom is 0.267 e. The molecule has 0 saturated heterocycles. The number of hydrogen-bond donors (Lipinski definition) is 3. The Hall–Kier alpha value is -1.43. The first kappa shape index (κ1) is 9.66. The smallest absolute Gasteiger partial charge is 0.267 e. The van der Waals surface area contributed by atoms with Crippen molar-refractivity contribution in [1.29, 1.82) is 0 Å². The van der Waals surface area contributed by atoms with Crippen LogP contribution in [0, 0.1) is 0 Å². The van der Waals surface area contributed by atoms with Gasteiger partial charge in [-0.15, -0.1) is 0 Å². The summed E-state index contributed by atoms with van der Waals surface area (Å²) in [6.07, 6.45) is -2.78. The van der Waals surface area contributed by atoms with Crippen LogP contribution in [0.3, 0.4) is 0 Å². The van der Waals surface area contributed by atoms with Gasteiger partial charge in [-0.25, -0.2) is 13.8 Å². The van der Waals surface area contributed by atoms with Crippen LogP contribution in [0.2, 0.25) is 0 Å². The average Bonchev–Trinajstić information content (AvgIpc) is 2.09. The maximum atomic E-state index is 12.2. The SMILES string of the molecule is NCc1cc(C(F)F)c(O)c(N)n1. The molecule has 0 spiro atoms. The van der Waals surface area contributed by atoms with E-state index in [2.05, 4.69) is 4.98 Å². The van der Waals surface area contributed by atoms with E-state index in [9.17, 15) is 8.78 Å². The van der Waals surface area contributed by atoms with E-state index in [0.717, 1.165) is 6.07 Å². The van der Waals surface area contributed by atoms with Gasteiger partial charge in [-0.05, 0) is 6.07 Å². The van der Waals surface area contributed by atoms with E-state index in [0.29, 0.717) is 0 Å². The molecule has 0 amide bonds. The van der Waals surface area contributed by atoms with Crippen molar-refractivity contribution < 1.29 is 13.9 Å². The van der Waals surface area contributed by atoms with E-state index < -0.39 is 17.7 Å². The van der Waals surface area contributed by atoms with Gasteiger partial charge in [0.25, 0.3) is 6.43 Å². The molecule has 5 N–H and O–H groups in total. The molecule has 1 aromatic heterocycles. The molecule has 0 unspecified atom stereocenters. The number of nitrogens with two attached hydrogens (primary N) is 2. The number of aromatic nitrogens is 1. The number of halogens is 2. The first-order valence-corrected chi connectivity index (χ1v) is 3.52. The van der Waals surface area contributed by atoms with E-state index in [4.69, 9.17) is 16.6 Å². The van der Waals surface area contributed by atoms with Crippen molar-refractivity contribution in [3.63, 3.8) is 0 Å². The van der Waals surface area contributed by atoms with Crippen LogP contribution >= 0.6 is 0 Å². The number of anilines is 1. The monoisotopic (exact) mass is 189 g/mol. The van der Waals surface area contributed by atoms with Gasteiger partial charge in [0.1, 0.15) is 0 Å². The van der Waals surface area contributed by atoms with E-state index in [1.807, 2.05) is 0 Å². The highest BCUT2D eigenvalue weighted by Crippen LogP contribution is 2.31. The summed E-state index contributed by atoms with van der Waals surface area (Å²) in [6, 6.07) is 1.04. The zero-order chi connectivity index (χ0) is 10.0. The zero-order valence-electron chi connectivity index (χ0n) is 6.67. The van der Waals surface area contributed by atoms with Crippen LogP contribution in [-0.2, 0) is 6.54 Å². The van der Waals surface area contributed by atoms with Gasteiger partial charge in [-0.3, -0.25) is 0 Å². The van der Waals surface area contributed by atoms with E-state index in [1.165, 1.54) is 0 Å². The minimum absolute atomic E-state index is 0.00417. The first-order chi connectivity index (χ1) is 6.06. The van der Waals surface area contributed by atoms with Crippen LogP contribution in [0.4, 0.5) is 14.6 Å². The highest BCUT2D eigenvalue weighted by atomic mass is 19.3. The maximum absolute atomic E-state index is 12.2. The topological polar surface area (TPSA) is 85.2 Å². The van der Waals surface area contributed by atoms with Crippen molar-refractivity contribution in [2.75, 3.05) is 5.73 Å². The number of pyridine rings is 1. The summed E-state index contributed by atoms with van der Waals surface area (Å²) in [5.41, 5.74) is 10.1. The zero-order valence-corrected chi connectivity index (χ0v) is 6.67. The largest absolute Gasteiger partial charge is 0.504 e. The molecule has 4 nitrogen and oxygen atoms in total. The molecule has 0 aromatic carbocycles. The normalized spacial score (nSPS) is 10.8. The number of alkyl halides is 2. The van der Waals surface area contributed by atoms with E-state index in [-0.39, 0.29) is 18.1 Å². The third-order valence-electron chi connectivity index (χ3n) is 1.55. The average molecular weight is 189 g/mol. The Balaban J connectivity index is 3.25. The molecule has 72 valence electrons. The Bertz CT molecular complexity index is 317. The number of hydrogen-bond acceptors (Lipinski definition) is 4. The third-order valence-corrected chi connectivity index (χ3v) is 1.55. The van der Waals surface area contributed by atoms with Crippen LogP contribution in [0.25, 0.3) is 0 Å². The molecule has 0 radical (unpaired) electrons. The minimum Gasteiger partial charge on any atom is -0.504 e. The van der Waals surface area contributed by atoms with Crippen LogP contribution < -0.4 is 11.5 Å². The molecule has 0 aliphatic carbocycles. The Labute approximate surface area is 73.2 Å². The molecule has 0 atom stereocenters. The number of rotatable bonds is 2. The summed E-state index contributed by atoms with van der Waals surface area (Å²) in [6.45, 7) is 0.00417. The van der Waals surface area contributed by atoms with Crippen LogP contribution in [-0.4, -0.2) is 10.1 Å². The molecule has 0 bridgehead atoms. The van der Waals surface area contributed by atoms with Crippen LogP contribution in [0.15, 0.2) is 6.07 Å². The van der Waals surface area contributed by atoms with Gasteiger partial charge in [0.2, 0.25) is 0 Å². The van der Waals surface area contributed by atoms with Crippen LogP contribution in [0.1, 0.15) is 17.7 Å². The fourth-order valence-corrected chi connectivity index (χ4v) is 0.907. The molecule has 1 heterocycles. The Morgan fingerprint density at radius 1 is 1.54 bits per heavy atom. The second kappa shape index (κ2) is 3.53. The second-order valence-corrected chi connectivity index (χ2v) is 2.44. The fourth-order valence-electron chi connectivity index (χ4n) is 0.907. The molecule has 0 aliphatic rings. The number of nitrogens with zero attached hydrogens (tertiary/aromatic N) is 1. The Morgan fingerprint density at radius 3 is 2.62 bits per heavy atom. The lowest BCUT2D eigenvalue weighted by atomic mass is 10.2. The number of nitrogen functional groups attached to an aromatic ring is 1. The van der Waals surface area contributed by atoms with Gasteiger partial charge in [-0.1, -0.05) is 0 Å². The molecule has 1 rings (SSSR count). The van der Waals surface area contributed by atoms with Crippen molar-refractivity contribution in [2.45, 2.75) is 13.0 Å². The summed E-state index contributed by atoms with van der Waals surface area (Å²) in [7, 11) is 0. The number of aromatic hydroxyl groups is 1. The molecule has 13 heavy (non-hydrogen) atoms. The highest BCUT2D eigenvalue weighted by Gasteiger charge is 2.16. The predicted molar refractivity (Wildman–Crippen MR) is 43.2 cm³/mol. The lowest BCUT2D eigenvalue weighted by Crippen LogP contribution is -2.04. The van der Waals surface area contributed by atoms with E-state index in [1.54, 1.807) is 0 Å². The Morgan fingerprint density at radius 2 is 2.15 bits per heavy atom. The van der Waals surface area contributed by atoms with Gasteiger partial charge >= 0.3 is 0 Å². The lowest BCUT2D eigenvalue weighted by molar-refractivity contribution is 0.147. The first-order valence-electron chi connectivity index (χ1n) is 3.52. The lowest BCUT2D eigenvalue weighted by Gasteiger charge is -2.07. The molecule has 1 aromatic rings. The molecular formula is C7H9F2N3O. The van der Waals surface area contributed by atoms with E-state index >= 15 is 0 Å². The molecule has 0 aliphatic heterocycles. The minimum atomic E-state index is -2.78. The summed E-state index contributed by atoms with van der Waals surface area (Å²) < 4.78 is 24.5. The predicted octanol–water partition coefficient (Wildman–Crippen LogP) is 0.766. The van der Waals surface area contributed by atoms with Gasteiger partial charge in [0.05, 0.1) is 11.3 Å². The summed E-state index contributed by atoms with van der Waals surface area (Å²) in [5.74, 6) is -0.995. The highest BCUT2D eigenvalue weighted by molar-refractivity contribution is 5.51. The van der Waals surface area contributed by atoms with Crippen molar-refractivity contribution in [2.24, 2.45) is 5.73 Å². The summed E-state index contributed by atoms with van der Waals surface area (Å²) in [4.78, 5) is 3.60. The van der Waals surface area contributed by atoms with Crippen LogP contribution in [0.5, 0.6) is 5.75 Å². The van der Waals surface area contributed by atoms with Crippen molar-refractivity contribution >= 4 is 5.82 Å². The van der Waals surface area contributed by atoms with Crippen molar-refractivity contribution in [3.8, 4) is 5.75 Å². The standard InChI is InChI=1S/C7H9F2N3O/c8-6(9)4-1-3(2-10)12-7(11)5(4)13/h1,6,13H,2,10H2,(H2,11,12). The van der Waals surface area contributed by atoms with Gasteiger partial charge in [-0.2, -0.15) is 0 Å². The summed E-state index contributed by atoms with van der Waals surface area (Å²) >= 11 is 0. The van der Waals surface area contributed by atoms with Gasteiger partial charge in [0.15, 0.2) is 11.6 Å². The molecule has 6 heteroatoms. The Kier molecular flexibility index (Phi) is 2.62. The van der Waals surface area contributed by atoms with Crippen molar-refractivity contribution in [3.05, 3.63) is 17.3 Å². The summed E-state index contributed by atoms with van der Waals surface area (Å²) in [5, 5.41) is 9.08. The molecule has 0 saturated carbocycles. The third kappa shape index (κ3) is 1.83. The quantitative estimate of drug-likeness (QED) is 0.641. The second-order valence-electron chi connectivity index (χ2n) is 2.44. The fraction of sp³-hybridized carbons (Fsp3) is 0.286. The molecular weight excluding hydrogens is 180 g/mol. The van der Waals surface area contributed by atoms with Crippen molar-refractivity contribution in [1.82, 2.24) is 4.98 Å². The van der Waals surface area contributed by atoms with Gasteiger partial charge in [0, 0.05) is 6.54 Å². The molecule has 0 fully saturated rings. The van der Waals surface area contributed by atoms with Gasteiger partial charge < -0.3 is 16.6 Å².